The first-order chi connectivity index (χ1) is 9.10. The molecule has 1 unspecified atom stereocenters. The van der Waals surface area contributed by atoms with Gasteiger partial charge < -0.3 is 5.73 Å². The number of halogens is 3. The van der Waals surface area contributed by atoms with Gasteiger partial charge in [0.2, 0.25) is 0 Å². The molecule has 0 aromatic heterocycles. The van der Waals surface area contributed by atoms with E-state index < -0.39 is 0 Å². The molecule has 5 heteroatoms. The van der Waals surface area contributed by atoms with Crippen LogP contribution < -0.4 is 5.73 Å². The van der Waals surface area contributed by atoms with Gasteiger partial charge in [-0.15, -0.1) is 11.8 Å². The highest BCUT2D eigenvalue weighted by Crippen LogP contribution is 2.37. The second kappa shape index (κ2) is 7.00. The normalized spacial score (nSPS) is 12.4. The van der Waals surface area contributed by atoms with Gasteiger partial charge in [-0.25, -0.2) is 0 Å². The predicted octanol–water partition coefficient (Wildman–Crippen LogP) is 5.55. The molecule has 1 nitrogen and oxygen atoms in total. The zero-order chi connectivity index (χ0) is 13.8. The molecule has 0 bridgehead atoms. The summed E-state index contributed by atoms with van der Waals surface area (Å²) in [5.74, 6) is 0. The van der Waals surface area contributed by atoms with Gasteiger partial charge in [-0.05, 0) is 35.9 Å². The minimum absolute atomic E-state index is 0.199. The Morgan fingerprint density at radius 1 is 1.05 bits per heavy atom. The van der Waals surface area contributed by atoms with Crippen LogP contribution in [-0.4, -0.2) is 6.54 Å². The minimum Gasteiger partial charge on any atom is -0.329 e. The van der Waals surface area contributed by atoms with Gasteiger partial charge in [-0.1, -0.05) is 51.3 Å². The molecular formula is C14H12BrCl2NS. The van der Waals surface area contributed by atoms with Crippen molar-refractivity contribution in [2.75, 3.05) is 6.54 Å². The third-order valence-corrected chi connectivity index (χ3v) is 5.17. The highest BCUT2D eigenvalue weighted by atomic mass is 79.9. The van der Waals surface area contributed by atoms with Crippen molar-refractivity contribution in [3.8, 4) is 0 Å². The van der Waals surface area contributed by atoms with E-state index in [1.807, 2.05) is 24.3 Å². The van der Waals surface area contributed by atoms with Gasteiger partial charge in [-0.2, -0.15) is 0 Å². The minimum atomic E-state index is 0.199. The summed E-state index contributed by atoms with van der Waals surface area (Å²) in [5.41, 5.74) is 7.06. The summed E-state index contributed by atoms with van der Waals surface area (Å²) in [6.45, 7) is 0.562. The molecule has 19 heavy (non-hydrogen) atoms. The molecule has 0 spiro atoms. The van der Waals surface area contributed by atoms with Gasteiger partial charge in [0, 0.05) is 21.2 Å². The Kier molecular flexibility index (Phi) is 5.60. The Bertz CT molecular complexity index is 560. The highest BCUT2D eigenvalue weighted by molar-refractivity contribution is 9.10. The molecule has 2 aromatic carbocycles. The molecule has 2 aromatic rings. The number of nitrogens with two attached hydrogens (primary N) is 1. The molecule has 0 fully saturated rings. The van der Waals surface area contributed by atoms with E-state index in [9.17, 15) is 0 Å². The summed E-state index contributed by atoms with van der Waals surface area (Å²) in [7, 11) is 0. The lowest BCUT2D eigenvalue weighted by Crippen LogP contribution is -2.09. The first kappa shape index (κ1) is 15.2. The van der Waals surface area contributed by atoms with Crippen molar-refractivity contribution >= 4 is 50.9 Å². The van der Waals surface area contributed by atoms with Crippen molar-refractivity contribution < 1.29 is 0 Å². The first-order valence-corrected chi connectivity index (χ1v) is 8.10. The van der Waals surface area contributed by atoms with Crippen molar-refractivity contribution in [3.05, 3.63) is 62.5 Å². The van der Waals surface area contributed by atoms with Gasteiger partial charge in [0.25, 0.3) is 0 Å². The second-order valence-corrected chi connectivity index (χ2v) is 6.98. The maximum atomic E-state index is 6.02. The number of hydrogen-bond donors (Lipinski definition) is 1. The summed E-state index contributed by atoms with van der Waals surface area (Å²) in [6.07, 6.45) is 0. The third-order valence-electron chi connectivity index (χ3n) is 2.63. The molecule has 1 atom stereocenters. The lowest BCUT2D eigenvalue weighted by molar-refractivity contribution is 0.940. The number of hydrogen-bond acceptors (Lipinski definition) is 2. The predicted molar refractivity (Wildman–Crippen MR) is 88.3 cm³/mol. The third kappa shape index (κ3) is 4.14. The van der Waals surface area contributed by atoms with Crippen molar-refractivity contribution in [1.82, 2.24) is 0 Å². The number of rotatable bonds is 4. The van der Waals surface area contributed by atoms with E-state index >= 15 is 0 Å². The van der Waals surface area contributed by atoms with Crippen LogP contribution in [-0.2, 0) is 0 Å². The molecule has 0 saturated carbocycles. The van der Waals surface area contributed by atoms with Gasteiger partial charge in [0.1, 0.15) is 0 Å². The van der Waals surface area contributed by atoms with Gasteiger partial charge in [0.15, 0.2) is 0 Å². The van der Waals surface area contributed by atoms with Crippen LogP contribution >= 0.6 is 50.9 Å². The van der Waals surface area contributed by atoms with Gasteiger partial charge in [-0.3, -0.25) is 0 Å². The zero-order valence-electron chi connectivity index (χ0n) is 9.95. The Balaban J connectivity index is 2.18. The monoisotopic (exact) mass is 375 g/mol. The maximum absolute atomic E-state index is 6.02. The SMILES string of the molecule is NCC(Sc1ccc(Cl)c(Cl)c1)c1ccc(Br)cc1. The van der Waals surface area contributed by atoms with Crippen LogP contribution in [0.15, 0.2) is 51.8 Å². The van der Waals surface area contributed by atoms with Crippen molar-refractivity contribution in [2.45, 2.75) is 10.1 Å². The molecular weight excluding hydrogens is 365 g/mol. The lowest BCUT2D eigenvalue weighted by atomic mass is 10.1. The first-order valence-electron chi connectivity index (χ1n) is 5.67. The quantitative estimate of drug-likeness (QED) is 0.708. The summed E-state index contributed by atoms with van der Waals surface area (Å²) < 4.78 is 1.06. The van der Waals surface area contributed by atoms with E-state index in [-0.39, 0.29) is 5.25 Å². The van der Waals surface area contributed by atoms with E-state index in [0.717, 1.165) is 9.37 Å². The summed E-state index contributed by atoms with van der Waals surface area (Å²) in [6, 6.07) is 13.8. The summed E-state index contributed by atoms with van der Waals surface area (Å²) in [4.78, 5) is 1.06. The van der Waals surface area contributed by atoms with Crippen LogP contribution in [0.4, 0.5) is 0 Å². The van der Waals surface area contributed by atoms with Crippen LogP contribution in [0.3, 0.4) is 0 Å². The van der Waals surface area contributed by atoms with E-state index in [1.54, 1.807) is 17.8 Å². The molecule has 0 aliphatic heterocycles. The van der Waals surface area contributed by atoms with Crippen LogP contribution in [0.2, 0.25) is 10.0 Å². The van der Waals surface area contributed by atoms with Crippen molar-refractivity contribution in [2.24, 2.45) is 5.73 Å². The molecule has 0 aliphatic carbocycles. The summed E-state index contributed by atoms with van der Waals surface area (Å²) >= 11 is 17.1. The molecule has 100 valence electrons. The molecule has 0 saturated heterocycles. The molecule has 0 heterocycles. The van der Waals surface area contributed by atoms with Gasteiger partial charge >= 0.3 is 0 Å². The van der Waals surface area contributed by atoms with E-state index in [0.29, 0.717) is 16.6 Å². The molecule has 0 radical (unpaired) electrons. The fraction of sp³-hybridized carbons (Fsp3) is 0.143. The highest BCUT2D eigenvalue weighted by Gasteiger charge is 2.12. The van der Waals surface area contributed by atoms with E-state index in [4.69, 9.17) is 28.9 Å². The van der Waals surface area contributed by atoms with Gasteiger partial charge in [0.05, 0.1) is 10.0 Å². The Hall–Kier alpha value is -0.190. The van der Waals surface area contributed by atoms with E-state index in [1.165, 1.54) is 5.56 Å². The second-order valence-electron chi connectivity index (χ2n) is 3.97. The number of benzene rings is 2. The molecule has 0 amide bonds. The van der Waals surface area contributed by atoms with Crippen molar-refractivity contribution in [1.29, 1.82) is 0 Å². The molecule has 0 aliphatic rings. The Morgan fingerprint density at radius 2 is 1.74 bits per heavy atom. The molecule has 2 N–H and O–H groups in total. The van der Waals surface area contributed by atoms with Crippen LogP contribution in [0.25, 0.3) is 0 Å². The number of thioether (sulfide) groups is 1. The Morgan fingerprint density at radius 3 is 2.32 bits per heavy atom. The average molecular weight is 377 g/mol. The molecule has 2 rings (SSSR count). The lowest BCUT2D eigenvalue weighted by Gasteiger charge is -2.15. The maximum Gasteiger partial charge on any atom is 0.0603 e. The Labute approximate surface area is 135 Å². The smallest absolute Gasteiger partial charge is 0.0603 e. The fourth-order valence-corrected chi connectivity index (χ4v) is 3.32. The van der Waals surface area contributed by atoms with Crippen molar-refractivity contribution in [3.63, 3.8) is 0 Å². The standard InChI is InChI=1S/C14H12BrCl2NS/c15-10-3-1-9(2-4-10)14(8-18)19-11-5-6-12(16)13(17)7-11/h1-7,14H,8,18H2. The van der Waals surface area contributed by atoms with Crippen LogP contribution in [0.1, 0.15) is 10.8 Å². The zero-order valence-corrected chi connectivity index (χ0v) is 13.9. The fourth-order valence-electron chi connectivity index (χ4n) is 1.64. The van der Waals surface area contributed by atoms with E-state index in [2.05, 4.69) is 28.1 Å². The largest absolute Gasteiger partial charge is 0.329 e. The van der Waals surface area contributed by atoms with Crippen LogP contribution in [0.5, 0.6) is 0 Å². The average Bonchev–Trinajstić information content (AvgIpc) is 2.41. The topological polar surface area (TPSA) is 26.0 Å². The summed E-state index contributed by atoms with van der Waals surface area (Å²) in [5, 5.41) is 1.34. The van der Waals surface area contributed by atoms with Crippen LogP contribution in [0, 0.1) is 0 Å².